The van der Waals surface area contributed by atoms with E-state index in [1.807, 2.05) is 6.07 Å². The van der Waals surface area contributed by atoms with E-state index in [0.717, 1.165) is 37.9 Å². The van der Waals surface area contributed by atoms with Crippen LogP contribution in [0.15, 0.2) is 53.3 Å². The lowest BCUT2D eigenvalue weighted by Gasteiger charge is -2.29. The Balaban J connectivity index is 1.64. The predicted octanol–water partition coefficient (Wildman–Crippen LogP) is 0.514. The molecule has 1 aromatic carbocycles. The predicted molar refractivity (Wildman–Crippen MR) is 108 cm³/mol. The van der Waals surface area contributed by atoms with Crippen molar-refractivity contribution in [2.45, 2.75) is 4.90 Å². The molecule has 1 fully saturated rings. The number of hydrogen-bond acceptors (Lipinski definition) is 8. The molecule has 1 aliphatic heterocycles. The number of nitrogens with zero attached hydrogens (tertiary/aromatic N) is 2. The topological polar surface area (TPSA) is 134 Å². The molecule has 0 radical (unpaired) electrons. The fourth-order valence-electron chi connectivity index (χ4n) is 3.47. The molecule has 0 saturated carbocycles. The number of carbonyl (C=O) groups excluding carboxylic acids is 2. The number of allylic oxidation sites excluding steroid dienone is 2. The van der Waals surface area contributed by atoms with E-state index in [2.05, 4.69) is 20.5 Å². The third-order valence-corrected chi connectivity index (χ3v) is 5.78. The summed E-state index contributed by atoms with van der Waals surface area (Å²) in [6, 6.07) is 5.87. The van der Waals surface area contributed by atoms with Crippen LogP contribution in [-0.4, -0.2) is 51.1 Å². The lowest BCUT2D eigenvalue weighted by Crippen LogP contribution is -2.43. The monoisotopic (exact) mass is 413 g/mol. The SMILES string of the molecule is NS(=O)(=O)c1cccc2c1C(=O)C=C(Nc1cncc(N3CCNCC3)c1)C2=O. The van der Waals surface area contributed by atoms with Gasteiger partial charge < -0.3 is 15.5 Å². The number of piperazine rings is 1. The van der Waals surface area contributed by atoms with Gasteiger partial charge >= 0.3 is 0 Å². The summed E-state index contributed by atoms with van der Waals surface area (Å²) >= 11 is 0. The zero-order chi connectivity index (χ0) is 20.6. The summed E-state index contributed by atoms with van der Waals surface area (Å²) in [6.07, 6.45) is 4.39. The Morgan fingerprint density at radius 1 is 1.14 bits per heavy atom. The maximum absolute atomic E-state index is 12.9. The average molecular weight is 413 g/mol. The van der Waals surface area contributed by atoms with Gasteiger partial charge in [0.1, 0.15) is 0 Å². The molecular weight excluding hydrogens is 394 g/mol. The molecular formula is C19H19N5O4S. The zero-order valence-corrected chi connectivity index (χ0v) is 16.2. The number of sulfonamides is 1. The van der Waals surface area contributed by atoms with Crippen LogP contribution in [0.3, 0.4) is 0 Å². The second kappa shape index (κ2) is 7.39. The number of rotatable bonds is 4. The number of pyridine rings is 1. The number of ketones is 2. The minimum absolute atomic E-state index is 0.00209. The number of anilines is 2. The minimum Gasteiger partial charge on any atom is -0.368 e. The molecule has 2 heterocycles. The zero-order valence-electron chi connectivity index (χ0n) is 15.4. The standard InChI is InChI=1S/C19H19N5O4S/c20-29(27,28)17-3-1-2-14-18(17)16(25)9-15(19(14)26)23-12-8-13(11-22-10-12)24-6-4-21-5-7-24/h1-3,8-11,21,23H,4-7H2,(H2,20,27,28). The molecule has 1 aliphatic carbocycles. The summed E-state index contributed by atoms with van der Waals surface area (Å²) in [5.74, 6) is -1.09. The molecule has 0 amide bonds. The third-order valence-electron chi connectivity index (χ3n) is 4.83. The van der Waals surface area contributed by atoms with Gasteiger partial charge in [-0.25, -0.2) is 13.6 Å². The molecule has 10 heteroatoms. The number of aromatic nitrogens is 1. The lowest BCUT2D eigenvalue weighted by molar-refractivity contribution is 0.0983. The van der Waals surface area contributed by atoms with Gasteiger partial charge in [0, 0.05) is 37.8 Å². The molecule has 2 aromatic rings. The van der Waals surface area contributed by atoms with Gasteiger partial charge in [-0.1, -0.05) is 12.1 Å². The highest BCUT2D eigenvalue weighted by Crippen LogP contribution is 2.28. The maximum atomic E-state index is 12.9. The first kappa shape index (κ1) is 19.2. The number of fused-ring (bicyclic) bond motifs is 1. The Morgan fingerprint density at radius 2 is 1.90 bits per heavy atom. The molecule has 0 unspecified atom stereocenters. The minimum atomic E-state index is -4.14. The summed E-state index contributed by atoms with van der Waals surface area (Å²) in [5, 5.41) is 11.4. The van der Waals surface area contributed by atoms with Crippen molar-refractivity contribution in [1.29, 1.82) is 0 Å². The average Bonchev–Trinajstić information content (AvgIpc) is 2.71. The maximum Gasteiger partial charge on any atom is 0.238 e. The van der Waals surface area contributed by atoms with Gasteiger partial charge in [0.05, 0.1) is 39.9 Å². The van der Waals surface area contributed by atoms with Crippen LogP contribution in [0.2, 0.25) is 0 Å². The van der Waals surface area contributed by atoms with Crippen LogP contribution in [0, 0.1) is 0 Å². The molecule has 1 saturated heterocycles. The molecule has 9 nitrogen and oxygen atoms in total. The summed E-state index contributed by atoms with van der Waals surface area (Å²) in [4.78, 5) is 31.5. The van der Waals surface area contributed by atoms with E-state index in [0.29, 0.717) is 5.69 Å². The first-order chi connectivity index (χ1) is 13.8. The Labute approximate surface area is 167 Å². The number of carbonyl (C=O) groups is 2. The highest BCUT2D eigenvalue weighted by molar-refractivity contribution is 7.89. The summed E-state index contributed by atoms with van der Waals surface area (Å²) in [5.41, 5.74) is 1.31. The van der Waals surface area contributed by atoms with Gasteiger partial charge in [-0.05, 0) is 12.1 Å². The second-order valence-electron chi connectivity index (χ2n) is 6.77. The van der Waals surface area contributed by atoms with Crippen LogP contribution in [0.5, 0.6) is 0 Å². The first-order valence-corrected chi connectivity index (χ1v) is 10.5. The van der Waals surface area contributed by atoms with Crippen molar-refractivity contribution in [3.63, 3.8) is 0 Å². The molecule has 4 rings (SSSR count). The van der Waals surface area contributed by atoms with Crippen LogP contribution in [0.25, 0.3) is 0 Å². The van der Waals surface area contributed by atoms with Crippen LogP contribution < -0.4 is 20.7 Å². The van der Waals surface area contributed by atoms with Crippen LogP contribution >= 0.6 is 0 Å². The quantitative estimate of drug-likeness (QED) is 0.660. The van der Waals surface area contributed by atoms with E-state index in [1.54, 1.807) is 12.4 Å². The molecule has 29 heavy (non-hydrogen) atoms. The Hall–Kier alpha value is -3.08. The van der Waals surface area contributed by atoms with Gasteiger partial charge in [0.25, 0.3) is 0 Å². The molecule has 0 bridgehead atoms. The van der Waals surface area contributed by atoms with E-state index >= 15 is 0 Å². The number of primary sulfonamides is 1. The number of hydrogen-bond donors (Lipinski definition) is 3. The highest BCUT2D eigenvalue weighted by atomic mass is 32.2. The molecule has 0 atom stereocenters. The van der Waals surface area contributed by atoms with Crippen LogP contribution in [0.4, 0.5) is 11.4 Å². The summed E-state index contributed by atoms with van der Waals surface area (Å²) in [6.45, 7) is 3.43. The first-order valence-electron chi connectivity index (χ1n) is 8.99. The third kappa shape index (κ3) is 3.77. The summed E-state index contributed by atoms with van der Waals surface area (Å²) < 4.78 is 23.6. The van der Waals surface area contributed by atoms with E-state index in [-0.39, 0.29) is 21.7 Å². The normalized spacial score (nSPS) is 17.0. The fraction of sp³-hybridized carbons (Fsp3) is 0.211. The second-order valence-corrected chi connectivity index (χ2v) is 8.30. The number of benzene rings is 1. The van der Waals surface area contributed by atoms with Crippen LogP contribution in [0.1, 0.15) is 20.7 Å². The number of nitrogens with two attached hydrogens (primary N) is 1. The van der Waals surface area contributed by atoms with Crippen LogP contribution in [-0.2, 0) is 10.0 Å². The van der Waals surface area contributed by atoms with E-state index < -0.39 is 21.6 Å². The van der Waals surface area contributed by atoms with E-state index in [4.69, 9.17) is 5.14 Å². The molecule has 2 aliphatic rings. The van der Waals surface area contributed by atoms with Crippen molar-refractivity contribution in [2.24, 2.45) is 5.14 Å². The van der Waals surface area contributed by atoms with E-state index in [1.165, 1.54) is 18.2 Å². The number of Topliss-reactive ketones (excluding diaryl/α,β-unsaturated/α-hetero) is 1. The molecule has 1 aromatic heterocycles. The van der Waals surface area contributed by atoms with Gasteiger partial charge in [-0.3, -0.25) is 14.6 Å². The van der Waals surface area contributed by atoms with Crippen molar-refractivity contribution < 1.29 is 18.0 Å². The Kier molecular flexibility index (Phi) is 4.91. The van der Waals surface area contributed by atoms with E-state index in [9.17, 15) is 18.0 Å². The highest BCUT2D eigenvalue weighted by Gasteiger charge is 2.31. The molecule has 150 valence electrons. The fourth-order valence-corrected chi connectivity index (χ4v) is 4.23. The number of nitrogens with one attached hydrogen (secondary N) is 2. The van der Waals surface area contributed by atoms with Gasteiger partial charge in [0.2, 0.25) is 15.8 Å². The smallest absolute Gasteiger partial charge is 0.238 e. The van der Waals surface area contributed by atoms with Crippen molar-refractivity contribution in [1.82, 2.24) is 10.3 Å². The van der Waals surface area contributed by atoms with Gasteiger partial charge in [-0.2, -0.15) is 0 Å². The van der Waals surface area contributed by atoms with Crippen molar-refractivity contribution in [3.8, 4) is 0 Å². The van der Waals surface area contributed by atoms with Crippen molar-refractivity contribution >= 4 is 33.0 Å². The molecule has 0 spiro atoms. The van der Waals surface area contributed by atoms with Crippen molar-refractivity contribution in [3.05, 3.63) is 59.6 Å². The van der Waals surface area contributed by atoms with Gasteiger partial charge in [-0.15, -0.1) is 0 Å². The largest absolute Gasteiger partial charge is 0.368 e. The Morgan fingerprint density at radius 3 is 2.62 bits per heavy atom. The van der Waals surface area contributed by atoms with Gasteiger partial charge in [0.15, 0.2) is 5.78 Å². The van der Waals surface area contributed by atoms with Crippen molar-refractivity contribution in [2.75, 3.05) is 36.4 Å². The lowest BCUT2D eigenvalue weighted by atomic mass is 9.92. The summed E-state index contributed by atoms with van der Waals surface area (Å²) in [7, 11) is -4.14. The Bertz CT molecular complexity index is 1140. The molecule has 4 N–H and O–H groups in total.